The molecule has 1 aromatic carbocycles. The van der Waals surface area contributed by atoms with Gasteiger partial charge in [0.2, 0.25) is 0 Å². The zero-order valence-electron chi connectivity index (χ0n) is 8.05. The van der Waals surface area contributed by atoms with Gasteiger partial charge in [0.25, 0.3) is 0 Å². The standard InChI is InChI=1S/C10H15ClN2/c1-12-7-8-13(2)10-5-3-9(11)4-6-10/h3-6,12H,7-8H2,1-2H3. The Morgan fingerprint density at radius 2 is 1.92 bits per heavy atom. The summed E-state index contributed by atoms with van der Waals surface area (Å²) in [7, 11) is 4.02. The molecule has 0 fully saturated rings. The van der Waals surface area contributed by atoms with Crippen LogP contribution in [0.1, 0.15) is 0 Å². The summed E-state index contributed by atoms with van der Waals surface area (Å²) in [5.41, 5.74) is 1.19. The number of anilines is 1. The van der Waals surface area contributed by atoms with Gasteiger partial charge < -0.3 is 10.2 Å². The van der Waals surface area contributed by atoms with Crippen LogP contribution in [0.4, 0.5) is 5.69 Å². The fourth-order valence-corrected chi connectivity index (χ4v) is 1.23. The molecule has 0 aliphatic rings. The summed E-state index contributed by atoms with van der Waals surface area (Å²) in [4.78, 5) is 2.19. The van der Waals surface area contributed by atoms with Crippen molar-refractivity contribution in [3.63, 3.8) is 0 Å². The maximum atomic E-state index is 5.79. The zero-order valence-corrected chi connectivity index (χ0v) is 8.80. The lowest BCUT2D eigenvalue weighted by Crippen LogP contribution is -2.26. The van der Waals surface area contributed by atoms with Crippen molar-refractivity contribution in [3.8, 4) is 0 Å². The molecule has 0 heterocycles. The molecule has 0 aromatic heterocycles. The van der Waals surface area contributed by atoms with E-state index in [1.165, 1.54) is 5.69 Å². The first-order valence-electron chi connectivity index (χ1n) is 4.35. The first-order valence-corrected chi connectivity index (χ1v) is 4.73. The van der Waals surface area contributed by atoms with Crippen LogP contribution in [0.2, 0.25) is 5.02 Å². The predicted octanol–water partition coefficient (Wildman–Crippen LogP) is 2.00. The van der Waals surface area contributed by atoms with Gasteiger partial charge in [-0.1, -0.05) is 11.6 Å². The van der Waals surface area contributed by atoms with Crippen molar-refractivity contribution >= 4 is 17.3 Å². The highest BCUT2D eigenvalue weighted by Crippen LogP contribution is 2.15. The molecule has 1 N–H and O–H groups in total. The number of rotatable bonds is 4. The third kappa shape index (κ3) is 3.25. The zero-order chi connectivity index (χ0) is 9.68. The Hall–Kier alpha value is -0.730. The number of nitrogens with zero attached hydrogens (tertiary/aromatic N) is 1. The second-order valence-corrected chi connectivity index (χ2v) is 3.44. The molecule has 0 radical (unpaired) electrons. The predicted molar refractivity (Wildman–Crippen MR) is 58.6 cm³/mol. The van der Waals surface area contributed by atoms with Gasteiger partial charge in [-0.3, -0.25) is 0 Å². The average Bonchev–Trinajstić information content (AvgIpc) is 2.15. The lowest BCUT2D eigenvalue weighted by atomic mass is 10.3. The van der Waals surface area contributed by atoms with Crippen molar-refractivity contribution in [1.82, 2.24) is 5.32 Å². The van der Waals surface area contributed by atoms with Crippen LogP contribution in [-0.4, -0.2) is 27.2 Å². The highest BCUT2D eigenvalue weighted by atomic mass is 35.5. The quantitative estimate of drug-likeness (QED) is 0.796. The minimum Gasteiger partial charge on any atom is -0.373 e. The van der Waals surface area contributed by atoms with Gasteiger partial charge in [-0.15, -0.1) is 0 Å². The van der Waals surface area contributed by atoms with E-state index in [-0.39, 0.29) is 0 Å². The Bertz CT molecular complexity index is 246. The van der Waals surface area contributed by atoms with Crippen LogP contribution in [0.3, 0.4) is 0 Å². The molecule has 0 bridgehead atoms. The van der Waals surface area contributed by atoms with Gasteiger partial charge in [0.15, 0.2) is 0 Å². The van der Waals surface area contributed by atoms with E-state index >= 15 is 0 Å². The van der Waals surface area contributed by atoms with Gasteiger partial charge in [-0.05, 0) is 31.3 Å². The number of nitrogens with one attached hydrogen (secondary N) is 1. The molecule has 13 heavy (non-hydrogen) atoms. The molecule has 0 amide bonds. The fourth-order valence-electron chi connectivity index (χ4n) is 1.10. The summed E-state index contributed by atoms with van der Waals surface area (Å²) in [5, 5.41) is 3.90. The molecular formula is C10H15ClN2. The van der Waals surface area contributed by atoms with Crippen molar-refractivity contribution in [2.24, 2.45) is 0 Å². The van der Waals surface area contributed by atoms with Gasteiger partial charge in [0.1, 0.15) is 0 Å². The van der Waals surface area contributed by atoms with E-state index in [2.05, 4.69) is 17.3 Å². The van der Waals surface area contributed by atoms with Crippen LogP contribution in [0.15, 0.2) is 24.3 Å². The molecule has 0 unspecified atom stereocenters. The molecule has 0 atom stereocenters. The van der Waals surface area contributed by atoms with Crippen LogP contribution in [-0.2, 0) is 0 Å². The molecule has 2 nitrogen and oxygen atoms in total. The molecule has 1 rings (SSSR count). The number of hydrogen-bond donors (Lipinski definition) is 1. The number of halogens is 1. The SMILES string of the molecule is CNCCN(C)c1ccc(Cl)cc1. The maximum absolute atomic E-state index is 5.79. The highest BCUT2D eigenvalue weighted by Gasteiger charge is 1.98. The first-order chi connectivity index (χ1) is 6.24. The average molecular weight is 199 g/mol. The summed E-state index contributed by atoms with van der Waals surface area (Å²) in [6.45, 7) is 1.98. The smallest absolute Gasteiger partial charge is 0.0407 e. The lowest BCUT2D eigenvalue weighted by Gasteiger charge is -2.18. The normalized spacial score (nSPS) is 10.1. The minimum absolute atomic E-state index is 0.783. The number of hydrogen-bond acceptors (Lipinski definition) is 2. The molecule has 1 aromatic rings. The molecule has 0 saturated heterocycles. The third-order valence-corrected chi connectivity index (χ3v) is 2.22. The highest BCUT2D eigenvalue weighted by molar-refractivity contribution is 6.30. The van der Waals surface area contributed by atoms with E-state index in [9.17, 15) is 0 Å². The van der Waals surface area contributed by atoms with E-state index in [0.29, 0.717) is 0 Å². The number of likely N-dealkylation sites (N-methyl/N-ethyl adjacent to an activating group) is 2. The Labute approximate surface area is 84.5 Å². The summed E-state index contributed by atoms with van der Waals surface area (Å²) in [6, 6.07) is 7.87. The van der Waals surface area contributed by atoms with Crippen LogP contribution >= 0.6 is 11.6 Å². The summed E-state index contributed by atoms with van der Waals surface area (Å²) in [5.74, 6) is 0. The second kappa shape index (κ2) is 5.10. The van der Waals surface area contributed by atoms with Gasteiger partial charge in [-0.2, -0.15) is 0 Å². The summed E-state index contributed by atoms with van der Waals surface area (Å²) in [6.07, 6.45) is 0. The van der Waals surface area contributed by atoms with Crippen molar-refractivity contribution in [3.05, 3.63) is 29.3 Å². The van der Waals surface area contributed by atoms with Gasteiger partial charge in [0, 0.05) is 30.8 Å². The van der Waals surface area contributed by atoms with Crippen molar-refractivity contribution in [2.75, 3.05) is 32.1 Å². The molecule has 0 saturated carbocycles. The Kier molecular flexibility index (Phi) is 4.06. The minimum atomic E-state index is 0.783. The van der Waals surface area contributed by atoms with E-state index in [4.69, 9.17) is 11.6 Å². The van der Waals surface area contributed by atoms with Crippen LogP contribution in [0, 0.1) is 0 Å². The molecular weight excluding hydrogens is 184 g/mol. The van der Waals surface area contributed by atoms with E-state index in [0.717, 1.165) is 18.1 Å². The van der Waals surface area contributed by atoms with E-state index < -0.39 is 0 Å². The number of benzene rings is 1. The third-order valence-electron chi connectivity index (χ3n) is 1.96. The second-order valence-electron chi connectivity index (χ2n) is 3.00. The molecule has 0 aliphatic heterocycles. The van der Waals surface area contributed by atoms with Gasteiger partial charge in [0.05, 0.1) is 0 Å². The lowest BCUT2D eigenvalue weighted by molar-refractivity contribution is 0.768. The van der Waals surface area contributed by atoms with E-state index in [1.807, 2.05) is 31.3 Å². The van der Waals surface area contributed by atoms with Crippen molar-refractivity contribution in [1.29, 1.82) is 0 Å². The maximum Gasteiger partial charge on any atom is 0.0407 e. The monoisotopic (exact) mass is 198 g/mol. The molecule has 3 heteroatoms. The molecule has 0 aliphatic carbocycles. The van der Waals surface area contributed by atoms with Gasteiger partial charge in [-0.25, -0.2) is 0 Å². The Morgan fingerprint density at radius 3 is 2.46 bits per heavy atom. The van der Waals surface area contributed by atoms with Crippen LogP contribution in [0.25, 0.3) is 0 Å². The Morgan fingerprint density at radius 1 is 1.31 bits per heavy atom. The fraction of sp³-hybridized carbons (Fsp3) is 0.400. The van der Waals surface area contributed by atoms with Crippen LogP contribution < -0.4 is 10.2 Å². The van der Waals surface area contributed by atoms with Crippen molar-refractivity contribution in [2.45, 2.75) is 0 Å². The Balaban J connectivity index is 2.55. The van der Waals surface area contributed by atoms with E-state index in [1.54, 1.807) is 0 Å². The summed E-state index contributed by atoms with van der Waals surface area (Å²) < 4.78 is 0. The summed E-state index contributed by atoms with van der Waals surface area (Å²) >= 11 is 5.79. The topological polar surface area (TPSA) is 15.3 Å². The first kappa shape index (κ1) is 10.4. The largest absolute Gasteiger partial charge is 0.373 e. The van der Waals surface area contributed by atoms with Crippen LogP contribution in [0.5, 0.6) is 0 Å². The molecule has 0 spiro atoms. The molecule has 72 valence electrons. The van der Waals surface area contributed by atoms with Crippen molar-refractivity contribution < 1.29 is 0 Å². The van der Waals surface area contributed by atoms with Gasteiger partial charge >= 0.3 is 0 Å².